The minimum Gasteiger partial charge on any atom is -0.756 e. The predicted molar refractivity (Wildman–Crippen MR) is 369 cm³/mol. The smallest absolute Gasteiger partial charge is 0.306 e. The van der Waals surface area contributed by atoms with Crippen LogP contribution in [0, 0.1) is 0 Å². The predicted octanol–water partition coefficient (Wildman–Crippen LogP) is 22.0. The second kappa shape index (κ2) is 65.3. The molecule has 0 aromatic rings. The maximum absolute atomic E-state index is 12.8. The van der Waals surface area contributed by atoms with E-state index in [1.165, 1.54) is 128 Å². The SMILES string of the molecule is CC/C=C\C/C=C\C/C=C\C/C=C\C/C=C\C/C=C\C/C=C\C/C=C\CCCCC(=O)OC(COC(=O)CCCCCCCCCCCCCCCCCCCCCCCC/C=C\C/C=C\C/C=C\C/C=C\CC)COP(=O)([O-])OCC[N+](C)(C)C. The summed E-state index contributed by atoms with van der Waals surface area (Å²) in [5, 5.41) is 0. The first-order valence-electron chi connectivity index (χ1n) is 34.5. The molecule has 0 saturated heterocycles. The Kier molecular flexibility index (Phi) is 62.2. The number of ether oxygens (including phenoxy) is 2. The van der Waals surface area contributed by atoms with Gasteiger partial charge >= 0.3 is 11.9 Å². The summed E-state index contributed by atoms with van der Waals surface area (Å²) >= 11 is 0. The first kappa shape index (κ1) is 81.9. The van der Waals surface area contributed by atoms with Crippen LogP contribution in [-0.4, -0.2) is 70.0 Å². The number of quaternary nitrogens is 1. The normalized spacial score (nSPS) is 14.1. The number of esters is 2. The first-order chi connectivity index (χ1) is 42.0. The summed E-state index contributed by atoms with van der Waals surface area (Å²) < 4.78 is 34.2. The molecule has 86 heavy (non-hydrogen) atoms. The Labute approximate surface area is 529 Å². The zero-order valence-corrected chi connectivity index (χ0v) is 56.6. The van der Waals surface area contributed by atoms with Crippen molar-refractivity contribution in [1.29, 1.82) is 0 Å². The Morgan fingerprint density at radius 1 is 0.360 bits per heavy atom. The second-order valence-electron chi connectivity index (χ2n) is 23.8. The quantitative estimate of drug-likeness (QED) is 0.0195. The van der Waals surface area contributed by atoms with Crippen molar-refractivity contribution in [3.05, 3.63) is 146 Å². The van der Waals surface area contributed by atoms with Crippen LogP contribution in [0.2, 0.25) is 0 Å². The van der Waals surface area contributed by atoms with E-state index in [9.17, 15) is 19.0 Å². The zero-order chi connectivity index (χ0) is 62.6. The zero-order valence-electron chi connectivity index (χ0n) is 55.7. The van der Waals surface area contributed by atoms with E-state index in [2.05, 4.69) is 160 Å². The highest BCUT2D eigenvalue weighted by Crippen LogP contribution is 2.38. The van der Waals surface area contributed by atoms with Crippen LogP contribution in [0.4, 0.5) is 0 Å². The molecule has 490 valence electrons. The van der Waals surface area contributed by atoms with E-state index in [-0.39, 0.29) is 26.1 Å². The Morgan fingerprint density at radius 2 is 0.628 bits per heavy atom. The average molecular weight is 1210 g/mol. The Bertz CT molecular complexity index is 1960. The highest BCUT2D eigenvalue weighted by atomic mass is 31.2. The Hall–Kier alpha value is -4.11. The standard InChI is InChI=1S/C76H128NO8P/c1-6-8-10-12-14-16-18-20-22-24-26-28-30-32-34-35-36-37-38-39-40-41-43-44-46-48-50-52-54-56-58-60-62-64-66-68-75(78)82-72-74(73-84-86(80,81)83-71-70-77(3,4)5)85-76(79)69-67-65-63-61-59-57-55-53-51-49-47-45-42-33-31-29-27-25-23-21-19-17-15-13-11-9-7-2/h8-11,14-17,20-23,26-29,33,42,47,49,53,55,59,61,74H,6-7,12-13,18-19,24-25,30-32,34-41,43-46,48,50-52,54,56-58,60,62-73H2,1-5H3/b10-8-,11-9-,16-14-,17-15-,22-20-,23-21-,28-26-,29-27-,42-33-,49-47-,55-53-,61-59-. The average Bonchev–Trinajstić information content (AvgIpc) is 3.53. The third-order valence-electron chi connectivity index (χ3n) is 14.4. The largest absolute Gasteiger partial charge is 0.756 e. The van der Waals surface area contributed by atoms with Crippen molar-refractivity contribution in [2.75, 3.05) is 47.5 Å². The van der Waals surface area contributed by atoms with Crippen LogP contribution in [0.25, 0.3) is 0 Å². The minimum absolute atomic E-state index is 0.0458. The van der Waals surface area contributed by atoms with E-state index in [1.807, 2.05) is 21.1 Å². The molecule has 0 aromatic heterocycles. The fourth-order valence-electron chi connectivity index (χ4n) is 9.14. The van der Waals surface area contributed by atoms with Gasteiger partial charge in [0.1, 0.15) is 19.8 Å². The van der Waals surface area contributed by atoms with Gasteiger partial charge in [0.05, 0.1) is 27.7 Å². The van der Waals surface area contributed by atoms with Gasteiger partial charge in [-0.2, -0.15) is 0 Å². The lowest BCUT2D eigenvalue weighted by molar-refractivity contribution is -0.870. The molecule has 0 N–H and O–H groups in total. The molecule has 0 aliphatic rings. The van der Waals surface area contributed by atoms with Gasteiger partial charge in [-0.15, -0.1) is 0 Å². The topological polar surface area (TPSA) is 111 Å². The number of nitrogens with zero attached hydrogens (tertiary/aromatic N) is 1. The monoisotopic (exact) mass is 1210 g/mol. The van der Waals surface area contributed by atoms with Gasteiger partial charge in [0.25, 0.3) is 7.82 Å². The van der Waals surface area contributed by atoms with Crippen molar-refractivity contribution in [2.45, 2.75) is 277 Å². The number of phosphoric ester groups is 1. The number of hydrogen-bond acceptors (Lipinski definition) is 8. The van der Waals surface area contributed by atoms with Crippen molar-refractivity contribution in [1.82, 2.24) is 0 Å². The molecule has 0 aliphatic carbocycles. The van der Waals surface area contributed by atoms with Crippen LogP contribution < -0.4 is 4.89 Å². The number of allylic oxidation sites excluding steroid dienone is 24. The van der Waals surface area contributed by atoms with Gasteiger partial charge in [0.15, 0.2) is 6.10 Å². The number of phosphoric acid groups is 1. The molecular weight excluding hydrogens is 1090 g/mol. The number of carbonyl (C=O) groups is 2. The molecule has 0 bridgehead atoms. The molecule has 0 radical (unpaired) electrons. The van der Waals surface area contributed by atoms with Crippen molar-refractivity contribution in [3.8, 4) is 0 Å². The summed E-state index contributed by atoms with van der Waals surface area (Å²) in [7, 11) is 1.12. The summed E-state index contributed by atoms with van der Waals surface area (Å²) in [6.07, 6.45) is 96.5. The van der Waals surface area contributed by atoms with E-state index in [1.54, 1.807) is 0 Å². The summed E-state index contributed by atoms with van der Waals surface area (Å²) in [6, 6.07) is 0. The molecule has 0 aromatic carbocycles. The molecule has 0 saturated carbocycles. The molecule has 0 fully saturated rings. The highest BCUT2D eigenvalue weighted by molar-refractivity contribution is 7.45. The number of hydrogen-bond donors (Lipinski definition) is 0. The maximum Gasteiger partial charge on any atom is 0.306 e. The van der Waals surface area contributed by atoms with E-state index in [0.717, 1.165) is 109 Å². The van der Waals surface area contributed by atoms with E-state index in [4.69, 9.17) is 18.5 Å². The Morgan fingerprint density at radius 3 is 0.953 bits per heavy atom. The van der Waals surface area contributed by atoms with Crippen molar-refractivity contribution >= 4 is 19.8 Å². The third-order valence-corrected chi connectivity index (χ3v) is 15.3. The fourth-order valence-corrected chi connectivity index (χ4v) is 9.86. The van der Waals surface area contributed by atoms with Gasteiger partial charge in [-0.3, -0.25) is 14.2 Å². The van der Waals surface area contributed by atoms with Crippen molar-refractivity contribution in [2.24, 2.45) is 0 Å². The van der Waals surface area contributed by atoms with Gasteiger partial charge in [-0.05, 0) is 116 Å². The molecule has 2 unspecified atom stereocenters. The summed E-state index contributed by atoms with van der Waals surface area (Å²) in [5.41, 5.74) is 0. The summed E-state index contributed by atoms with van der Waals surface area (Å²) in [4.78, 5) is 38.0. The Balaban J connectivity index is 4.11. The summed E-state index contributed by atoms with van der Waals surface area (Å²) in [5.74, 6) is -0.886. The van der Waals surface area contributed by atoms with Crippen LogP contribution in [0.5, 0.6) is 0 Å². The fraction of sp³-hybridized carbons (Fsp3) is 0.658. The van der Waals surface area contributed by atoms with E-state index < -0.39 is 32.5 Å². The van der Waals surface area contributed by atoms with Crippen molar-refractivity contribution < 1.29 is 42.1 Å². The number of carbonyl (C=O) groups excluding carboxylic acids is 2. The van der Waals surface area contributed by atoms with Gasteiger partial charge in [-0.25, -0.2) is 0 Å². The van der Waals surface area contributed by atoms with Crippen LogP contribution in [0.15, 0.2) is 146 Å². The molecule has 9 nitrogen and oxygen atoms in total. The number of likely N-dealkylation sites (N-methyl/N-ethyl adjacent to an activating group) is 1. The minimum atomic E-state index is -4.66. The maximum atomic E-state index is 12.8. The van der Waals surface area contributed by atoms with Gasteiger partial charge in [-0.1, -0.05) is 288 Å². The van der Waals surface area contributed by atoms with E-state index in [0.29, 0.717) is 17.4 Å². The van der Waals surface area contributed by atoms with Gasteiger partial charge in [0, 0.05) is 12.8 Å². The third kappa shape index (κ3) is 69.0. The van der Waals surface area contributed by atoms with Crippen LogP contribution in [0.1, 0.15) is 271 Å². The second-order valence-corrected chi connectivity index (χ2v) is 25.2. The lowest BCUT2D eigenvalue weighted by Gasteiger charge is -2.28. The summed E-state index contributed by atoms with van der Waals surface area (Å²) in [6.45, 7) is 3.97. The molecule has 2 atom stereocenters. The lowest BCUT2D eigenvalue weighted by atomic mass is 10.0. The van der Waals surface area contributed by atoms with Crippen LogP contribution >= 0.6 is 7.82 Å². The number of rotatable bonds is 62. The molecule has 0 aliphatic heterocycles. The van der Waals surface area contributed by atoms with Crippen molar-refractivity contribution in [3.63, 3.8) is 0 Å². The molecule has 0 rings (SSSR count). The van der Waals surface area contributed by atoms with Gasteiger partial charge < -0.3 is 27.9 Å². The highest BCUT2D eigenvalue weighted by Gasteiger charge is 2.22. The lowest BCUT2D eigenvalue weighted by Crippen LogP contribution is -2.37. The number of unbranched alkanes of at least 4 members (excludes halogenated alkanes) is 24. The van der Waals surface area contributed by atoms with Crippen LogP contribution in [-0.2, 0) is 32.7 Å². The van der Waals surface area contributed by atoms with Gasteiger partial charge in [0.2, 0.25) is 0 Å². The molecule has 0 spiro atoms. The molecule has 0 heterocycles. The molecule has 0 amide bonds. The first-order valence-corrected chi connectivity index (χ1v) is 36.0. The van der Waals surface area contributed by atoms with E-state index >= 15 is 0 Å². The molecular formula is C76H128NO8P. The molecule has 10 heteroatoms. The van der Waals surface area contributed by atoms with Crippen LogP contribution in [0.3, 0.4) is 0 Å².